The average Bonchev–Trinajstić information content (AvgIpc) is 2.27. The Morgan fingerprint density at radius 3 is 2.21 bits per heavy atom. The van der Waals surface area contributed by atoms with Crippen LogP contribution < -0.4 is 0 Å². The number of urea groups is 1. The lowest BCUT2D eigenvalue weighted by Crippen LogP contribution is -2.42. The highest BCUT2D eigenvalue weighted by Crippen LogP contribution is 2.26. The summed E-state index contributed by atoms with van der Waals surface area (Å²) >= 11 is 0. The van der Waals surface area contributed by atoms with Gasteiger partial charge in [0.05, 0.1) is 21.2 Å². The van der Waals surface area contributed by atoms with E-state index >= 15 is 0 Å². The highest BCUT2D eigenvalue weighted by Gasteiger charge is 2.53. The average molecular weight is 201 g/mol. The number of aliphatic hydroxyl groups is 1. The summed E-state index contributed by atoms with van der Waals surface area (Å²) < 4.78 is 4.22. The van der Waals surface area contributed by atoms with Gasteiger partial charge in [0.25, 0.3) is 5.70 Å². The Balaban J connectivity index is 3.33. The Bertz CT molecular complexity index is 332. The minimum Gasteiger partial charge on any atom is -0.476 e. The van der Waals surface area contributed by atoms with Gasteiger partial charge in [-0.25, -0.2) is 14.2 Å². The van der Waals surface area contributed by atoms with Gasteiger partial charge in [-0.1, -0.05) is 0 Å². The number of quaternary nitrogens is 1. The molecule has 1 aliphatic rings. The van der Waals surface area contributed by atoms with Gasteiger partial charge in [-0.2, -0.15) is 0 Å². The predicted octanol–water partition coefficient (Wildman–Crippen LogP) is 0.0283. The number of ether oxygens (including phenoxy) is 1. The molecule has 0 bridgehead atoms. The number of methoxy groups -OCH3 is 1. The lowest BCUT2D eigenvalue weighted by Gasteiger charge is -2.18. The number of amides is 3. The summed E-state index contributed by atoms with van der Waals surface area (Å²) in [6, 6.07) is -0.409. The van der Waals surface area contributed by atoms with Crippen LogP contribution in [0.15, 0.2) is 11.6 Å². The molecule has 0 unspecified atom stereocenters. The Labute approximate surface area is 81.6 Å². The van der Waals surface area contributed by atoms with Crippen molar-refractivity contribution >= 4 is 11.9 Å². The maximum absolute atomic E-state index is 11.5. The second-order valence-corrected chi connectivity index (χ2v) is 3.46. The van der Waals surface area contributed by atoms with Gasteiger partial charge in [-0.3, -0.25) is 4.79 Å². The zero-order valence-corrected chi connectivity index (χ0v) is 8.57. The number of nitrogens with zero attached hydrogens (tertiary/aromatic N) is 2. The number of aliphatic hydroxyl groups excluding tert-OH is 1. The van der Waals surface area contributed by atoms with Crippen molar-refractivity contribution < 1.29 is 23.9 Å². The van der Waals surface area contributed by atoms with E-state index in [0.717, 1.165) is 4.90 Å². The van der Waals surface area contributed by atoms with Crippen molar-refractivity contribution in [3.63, 3.8) is 0 Å². The van der Waals surface area contributed by atoms with Gasteiger partial charge in [0.15, 0.2) is 0 Å². The van der Waals surface area contributed by atoms with Crippen molar-refractivity contribution in [1.82, 2.24) is 4.90 Å². The molecule has 0 aromatic heterocycles. The minimum atomic E-state index is -0.542. The topological polar surface area (TPSA) is 66.8 Å². The van der Waals surface area contributed by atoms with Crippen LogP contribution in [0.5, 0.6) is 0 Å². The second-order valence-electron chi connectivity index (χ2n) is 3.46. The van der Waals surface area contributed by atoms with Crippen LogP contribution >= 0.6 is 0 Å². The molecular weight excluding hydrogens is 188 g/mol. The van der Waals surface area contributed by atoms with E-state index in [-0.39, 0.29) is 10.2 Å². The Kier molecular flexibility index (Phi) is 2.24. The van der Waals surface area contributed by atoms with Crippen molar-refractivity contribution in [2.24, 2.45) is 0 Å². The van der Waals surface area contributed by atoms with E-state index in [1.165, 1.54) is 28.3 Å². The van der Waals surface area contributed by atoms with Crippen LogP contribution in [0.4, 0.5) is 4.79 Å². The fourth-order valence-electron chi connectivity index (χ4n) is 1.38. The van der Waals surface area contributed by atoms with Crippen LogP contribution in [-0.2, 0) is 9.53 Å². The maximum Gasteiger partial charge on any atom is 0.431 e. The summed E-state index contributed by atoms with van der Waals surface area (Å²) in [7, 11) is 5.61. The van der Waals surface area contributed by atoms with Crippen molar-refractivity contribution in [2.75, 3.05) is 28.3 Å². The lowest BCUT2D eigenvalue weighted by atomic mass is 10.4. The maximum atomic E-state index is 11.5. The molecule has 0 aromatic rings. The molecular formula is C8H13N2O4+. The zero-order valence-electron chi connectivity index (χ0n) is 8.57. The molecule has 0 aromatic carbocycles. The summed E-state index contributed by atoms with van der Waals surface area (Å²) in [5, 5.41) is 9.34. The summed E-state index contributed by atoms with van der Waals surface area (Å²) in [5.41, 5.74) is -0.0556. The van der Waals surface area contributed by atoms with Crippen molar-refractivity contribution in [1.29, 1.82) is 0 Å². The Hall–Kier alpha value is -1.56. The van der Waals surface area contributed by atoms with Gasteiger partial charge in [0, 0.05) is 7.05 Å². The van der Waals surface area contributed by atoms with E-state index < -0.39 is 17.9 Å². The van der Waals surface area contributed by atoms with Gasteiger partial charge in [0.1, 0.15) is 0 Å². The van der Waals surface area contributed by atoms with Crippen LogP contribution in [0, 0.1) is 0 Å². The molecule has 1 heterocycles. The first-order chi connectivity index (χ1) is 6.34. The fraction of sp³-hybridized carbons (Fsp3) is 0.500. The number of hydrogen-bond acceptors (Lipinski definition) is 4. The largest absolute Gasteiger partial charge is 0.476 e. The monoisotopic (exact) mass is 201 g/mol. The molecule has 3 amide bonds. The molecule has 0 spiro atoms. The molecule has 6 heteroatoms. The number of likely N-dealkylation sites (N-methyl/N-ethyl adjacent to an activating group) is 2. The highest BCUT2D eigenvalue weighted by molar-refractivity contribution is 6.06. The van der Waals surface area contributed by atoms with Gasteiger partial charge >= 0.3 is 17.9 Å². The van der Waals surface area contributed by atoms with Crippen molar-refractivity contribution in [3.05, 3.63) is 11.6 Å². The SMILES string of the molecule is CO/C(O)=C1/C(=O)N(C)C(=O)[N+]1(C)C. The number of carbonyl (C=O) groups is 2. The number of rotatable bonds is 1. The van der Waals surface area contributed by atoms with Gasteiger partial charge in [0.2, 0.25) is 0 Å². The van der Waals surface area contributed by atoms with E-state index in [1.54, 1.807) is 0 Å². The minimum absolute atomic E-state index is 0.0556. The molecule has 0 atom stereocenters. The molecule has 1 rings (SSSR count). The molecule has 1 saturated heterocycles. The summed E-state index contributed by atoms with van der Waals surface area (Å²) in [4.78, 5) is 24.0. The van der Waals surface area contributed by atoms with Crippen molar-refractivity contribution in [2.45, 2.75) is 0 Å². The molecule has 0 radical (unpaired) electrons. The third-order valence-corrected chi connectivity index (χ3v) is 2.23. The smallest absolute Gasteiger partial charge is 0.431 e. The Morgan fingerprint density at radius 1 is 1.43 bits per heavy atom. The third kappa shape index (κ3) is 1.15. The first-order valence-corrected chi connectivity index (χ1v) is 3.98. The van der Waals surface area contributed by atoms with Crippen molar-refractivity contribution in [3.8, 4) is 0 Å². The van der Waals surface area contributed by atoms with E-state index in [0.29, 0.717) is 0 Å². The summed E-state index contributed by atoms with van der Waals surface area (Å²) in [5.74, 6) is -1.06. The van der Waals surface area contributed by atoms with E-state index in [2.05, 4.69) is 4.74 Å². The molecule has 6 nitrogen and oxygen atoms in total. The molecule has 1 aliphatic heterocycles. The highest BCUT2D eigenvalue weighted by atomic mass is 16.6. The molecule has 1 fully saturated rings. The fourth-order valence-corrected chi connectivity index (χ4v) is 1.38. The van der Waals surface area contributed by atoms with Crippen LogP contribution in [0.25, 0.3) is 0 Å². The molecule has 0 aliphatic carbocycles. The summed E-state index contributed by atoms with van der Waals surface area (Å²) in [6.45, 7) is 0. The van der Waals surface area contributed by atoms with Crippen LogP contribution in [0.2, 0.25) is 0 Å². The lowest BCUT2D eigenvalue weighted by molar-refractivity contribution is -0.761. The van der Waals surface area contributed by atoms with Crippen LogP contribution in [0.3, 0.4) is 0 Å². The van der Waals surface area contributed by atoms with Crippen LogP contribution in [-0.4, -0.2) is 54.7 Å². The first kappa shape index (κ1) is 10.5. The first-order valence-electron chi connectivity index (χ1n) is 3.98. The van der Waals surface area contributed by atoms with Gasteiger partial charge in [-0.15, -0.1) is 0 Å². The van der Waals surface area contributed by atoms with E-state index in [1.807, 2.05) is 0 Å². The molecule has 78 valence electrons. The third-order valence-electron chi connectivity index (χ3n) is 2.23. The molecule has 0 saturated carbocycles. The quantitative estimate of drug-likeness (QED) is 0.281. The van der Waals surface area contributed by atoms with E-state index in [4.69, 9.17) is 0 Å². The standard InChI is InChI=1S/C8H12N2O4/c1-9-6(11)5(7(12)14-4)10(2,3)8(9)13/h1-4H3/p+1. The van der Waals surface area contributed by atoms with Crippen LogP contribution in [0.1, 0.15) is 0 Å². The number of carbonyl (C=O) groups excluding carboxylic acids is 2. The molecule has 14 heavy (non-hydrogen) atoms. The normalized spacial score (nSPS) is 24.1. The van der Waals surface area contributed by atoms with E-state index in [9.17, 15) is 14.7 Å². The number of imide groups is 1. The predicted molar refractivity (Wildman–Crippen MR) is 46.9 cm³/mol. The Morgan fingerprint density at radius 2 is 1.93 bits per heavy atom. The number of hydrogen-bond donors (Lipinski definition) is 1. The second kappa shape index (κ2) is 2.98. The van der Waals surface area contributed by atoms with Gasteiger partial charge in [-0.05, 0) is 0 Å². The van der Waals surface area contributed by atoms with Gasteiger partial charge < -0.3 is 9.84 Å². The zero-order chi connectivity index (χ0) is 11.1. The molecule has 1 N–H and O–H groups in total. The summed E-state index contributed by atoms with van der Waals surface area (Å²) in [6.07, 6.45) is 0.